The fourth-order valence-electron chi connectivity index (χ4n) is 3.58. The monoisotopic (exact) mass is 609 g/mol. The van der Waals surface area contributed by atoms with E-state index in [-0.39, 0.29) is 18.4 Å². The maximum Gasteiger partial charge on any atom is 0.264 e. The standard InChI is InChI=1S/C29H28BrN3O5S/c1-4-36-22-12-10-21(11-13-22)32-29-33-28(35)25(39-29)16-19-14-23(30)27(24(15-19)37-5-2)38-17-26(34)31-20-8-6-18(3)7-9-20/h6-16H,4-5,17H2,1-3H3,(H,31,34)(H,32,33,35)/b25-16+. The lowest BCUT2D eigenvalue weighted by atomic mass is 10.2. The molecular weight excluding hydrogens is 582 g/mol. The van der Waals surface area contributed by atoms with Gasteiger partial charge in [-0.2, -0.15) is 0 Å². The van der Waals surface area contributed by atoms with Crippen LogP contribution in [0.4, 0.5) is 11.4 Å². The Labute approximate surface area is 240 Å². The van der Waals surface area contributed by atoms with Crippen LogP contribution in [-0.2, 0) is 9.59 Å². The van der Waals surface area contributed by atoms with Crippen molar-refractivity contribution in [2.24, 2.45) is 4.99 Å². The van der Waals surface area contributed by atoms with Gasteiger partial charge in [0.2, 0.25) is 0 Å². The summed E-state index contributed by atoms with van der Waals surface area (Å²) in [6.45, 7) is 6.55. The van der Waals surface area contributed by atoms with Crippen LogP contribution in [-0.4, -0.2) is 36.8 Å². The molecule has 0 unspecified atom stereocenters. The van der Waals surface area contributed by atoms with Crippen molar-refractivity contribution < 1.29 is 23.8 Å². The van der Waals surface area contributed by atoms with Crippen LogP contribution in [0.3, 0.4) is 0 Å². The number of ether oxygens (including phenoxy) is 3. The highest BCUT2D eigenvalue weighted by Gasteiger charge is 2.24. The van der Waals surface area contributed by atoms with E-state index in [1.165, 1.54) is 11.8 Å². The Kier molecular flexibility index (Phi) is 9.67. The Hall–Kier alpha value is -3.76. The lowest BCUT2D eigenvalue weighted by Crippen LogP contribution is -2.20. The molecular formula is C29H28BrN3O5S. The van der Waals surface area contributed by atoms with Gasteiger partial charge < -0.3 is 24.8 Å². The number of rotatable bonds is 10. The fraction of sp³-hybridized carbons (Fsp3) is 0.207. The maximum absolute atomic E-state index is 12.6. The molecule has 3 aromatic carbocycles. The Balaban J connectivity index is 1.46. The summed E-state index contributed by atoms with van der Waals surface area (Å²) < 4.78 is 17.6. The molecule has 8 nitrogen and oxygen atoms in total. The minimum absolute atomic E-state index is 0.198. The number of amides is 2. The van der Waals surface area contributed by atoms with E-state index in [1.807, 2.05) is 69.3 Å². The summed E-state index contributed by atoms with van der Waals surface area (Å²) in [4.78, 5) is 30.0. The summed E-state index contributed by atoms with van der Waals surface area (Å²) in [5.74, 6) is 1.08. The first-order chi connectivity index (χ1) is 18.8. The quantitative estimate of drug-likeness (QED) is 0.256. The fourth-order valence-corrected chi connectivity index (χ4v) is 4.99. The number of benzene rings is 3. The second kappa shape index (κ2) is 13.3. The first kappa shape index (κ1) is 28.3. The van der Waals surface area contributed by atoms with Gasteiger partial charge in [0.25, 0.3) is 11.8 Å². The molecule has 0 saturated carbocycles. The van der Waals surface area contributed by atoms with Crippen molar-refractivity contribution in [3.8, 4) is 17.2 Å². The van der Waals surface area contributed by atoms with Crippen LogP contribution in [0, 0.1) is 6.92 Å². The molecule has 202 valence electrons. The van der Waals surface area contributed by atoms with E-state index < -0.39 is 0 Å². The zero-order valence-electron chi connectivity index (χ0n) is 21.7. The molecule has 10 heteroatoms. The van der Waals surface area contributed by atoms with Crippen LogP contribution in [0.25, 0.3) is 6.08 Å². The highest BCUT2D eigenvalue weighted by Crippen LogP contribution is 2.38. The maximum atomic E-state index is 12.6. The van der Waals surface area contributed by atoms with E-state index in [1.54, 1.807) is 18.2 Å². The van der Waals surface area contributed by atoms with Crippen LogP contribution >= 0.6 is 27.7 Å². The Morgan fingerprint density at radius 1 is 1.03 bits per heavy atom. The highest BCUT2D eigenvalue weighted by molar-refractivity contribution is 9.10. The van der Waals surface area contributed by atoms with Gasteiger partial charge in [-0.1, -0.05) is 17.7 Å². The average molecular weight is 611 g/mol. The first-order valence-electron chi connectivity index (χ1n) is 12.3. The molecule has 1 aliphatic rings. The average Bonchev–Trinajstić information content (AvgIpc) is 3.24. The Morgan fingerprint density at radius 2 is 1.74 bits per heavy atom. The molecule has 1 saturated heterocycles. The number of thioether (sulfide) groups is 1. The van der Waals surface area contributed by atoms with E-state index in [9.17, 15) is 9.59 Å². The molecule has 0 atom stereocenters. The van der Waals surface area contributed by atoms with Crippen molar-refractivity contribution >= 4 is 62.1 Å². The molecule has 3 aromatic rings. The number of nitrogens with one attached hydrogen (secondary N) is 2. The van der Waals surface area contributed by atoms with Crippen molar-refractivity contribution in [2.45, 2.75) is 20.8 Å². The lowest BCUT2D eigenvalue weighted by Gasteiger charge is -2.15. The number of carbonyl (C=O) groups is 2. The molecule has 0 aromatic heterocycles. The van der Waals surface area contributed by atoms with Crippen molar-refractivity contribution in [1.29, 1.82) is 0 Å². The van der Waals surface area contributed by atoms with Crippen LogP contribution in [0.2, 0.25) is 0 Å². The topological polar surface area (TPSA) is 98.3 Å². The van der Waals surface area contributed by atoms with E-state index in [4.69, 9.17) is 14.2 Å². The van der Waals surface area contributed by atoms with Gasteiger partial charge in [0.1, 0.15) is 5.75 Å². The van der Waals surface area contributed by atoms with Gasteiger partial charge in [0, 0.05) is 5.69 Å². The molecule has 0 bridgehead atoms. The lowest BCUT2D eigenvalue weighted by molar-refractivity contribution is -0.118. The first-order valence-corrected chi connectivity index (χ1v) is 13.9. The molecule has 0 radical (unpaired) electrons. The van der Waals surface area contributed by atoms with Gasteiger partial charge in [-0.05, 0) is 109 Å². The SMILES string of the molecule is CCOc1ccc(N=C2NC(=O)/C(=C\c3cc(Br)c(OCC(=O)Nc4ccc(C)cc4)c(OCC)c3)S2)cc1. The third kappa shape index (κ3) is 7.87. The van der Waals surface area contributed by atoms with Gasteiger partial charge in [-0.25, -0.2) is 4.99 Å². The number of aryl methyl sites for hydroxylation is 1. The minimum atomic E-state index is -0.294. The second-order valence-electron chi connectivity index (χ2n) is 8.37. The zero-order chi connectivity index (χ0) is 27.8. The summed E-state index contributed by atoms with van der Waals surface area (Å²) in [6, 6.07) is 18.4. The molecule has 0 aliphatic carbocycles. The van der Waals surface area contributed by atoms with Gasteiger partial charge in [0.15, 0.2) is 23.3 Å². The summed E-state index contributed by atoms with van der Waals surface area (Å²) in [6.07, 6.45) is 1.75. The second-order valence-corrected chi connectivity index (χ2v) is 10.3. The van der Waals surface area contributed by atoms with Crippen molar-refractivity contribution in [3.05, 3.63) is 81.2 Å². The summed E-state index contributed by atoms with van der Waals surface area (Å²) in [5, 5.41) is 6.09. The predicted octanol–water partition coefficient (Wildman–Crippen LogP) is 6.46. The molecule has 4 rings (SSSR count). The van der Waals surface area contributed by atoms with Crippen molar-refractivity contribution in [3.63, 3.8) is 0 Å². The van der Waals surface area contributed by atoms with Crippen molar-refractivity contribution in [2.75, 3.05) is 25.1 Å². The summed E-state index contributed by atoms with van der Waals surface area (Å²) in [7, 11) is 0. The highest BCUT2D eigenvalue weighted by atomic mass is 79.9. The van der Waals surface area contributed by atoms with Crippen LogP contribution in [0.5, 0.6) is 17.2 Å². The largest absolute Gasteiger partial charge is 0.494 e. The van der Waals surface area contributed by atoms with Gasteiger partial charge >= 0.3 is 0 Å². The van der Waals surface area contributed by atoms with Crippen LogP contribution < -0.4 is 24.8 Å². The molecule has 2 amide bonds. The Bertz CT molecular complexity index is 1410. The number of hydrogen-bond acceptors (Lipinski definition) is 7. The molecule has 1 fully saturated rings. The normalized spacial score (nSPS) is 14.8. The van der Waals surface area contributed by atoms with Gasteiger partial charge in [-0.15, -0.1) is 0 Å². The number of anilines is 1. The minimum Gasteiger partial charge on any atom is -0.494 e. The number of halogens is 1. The number of carbonyl (C=O) groups excluding carboxylic acids is 2. The van der Waals surface area contributed by atoms with E-state index in [2.05, 4.69) is 31.6 Å². The van der Waals surface area contributed by atoms with E-state index in [0.29, 0.717) is 50.6 Å². The number of hydrogen-bond donors (Lipinski definition) is 2. The summed E-state index contributed by atoms with van der Waals surface area (Å²) >= 11 is 4.77. The van der Waals surface area contributed by atoms with E-state index in [0.717, 1.165) is 16.9 Å². The number of amidine groups is 1. The molecule has 0 spiro atoms. The molecule has 39 heavy (non-hydrogen) atoms. The van der Waals surface area contributed by atoms with Crippen molar-refractivity contribution in [1.82, 2.24) is 5.32 Å². The third-order valence-electron chi connectivity index (χ3n) is 5.34. The van der Waals surface area contributed by atoms with E-state index >= 15 is 0 Å². The zero-order valence-corrected chi connectivity index (χ0v) is 24.1. The molecule has 1 aliphatic heterocycles. The number of nitrogens with zero attached hydrogens (tertiary/aromatic N) is 1. The summed E-state index contributed by atoms with van der Waals surface area (Å²) in [5.41, 5.74) is 3.23. The third-order valence-corrected chi connectivity index (χ3v) is 6.84. The molecule has 1 heterocycles. The van der Waals surface area contributed by atoms with Crippen LogP contribution in [0.15, 0.2) is 75.0 Å². The smallest absolute Gasteiger partial charge is 0.264 e. The van der Waals surface area contributed by atoms with Crippen LogP contribution in [0.1, 0.15) is 25.0 Å². The van der Waals surface area contributed by atoms with Gasteiger partial charge in [-0.3, -0.25) is 9.59 Å². The molecule has 2 N–H and O–H groups in total. The Morgan fingerprint density at radius 3 is 2.44 bits per heavy atom. The predicted molar refractivity (Wildman–Crippen MR) is 159 cm³/mol. The number of aliphatic imine (C=N–C) groups is 1. The van der Waals surface area contributed by atoms with Gasteiger partial charge in [0.05, 0.1) is 28.3 Å².